The Morgan fingerprint density at radius 1 is 0.921 bits per heavy atom. The molecular formula is C28H31Cl2N3O4S. The molecule has 202 valence electrons. The molecule has 0 saturated heterocycles. The first-order chi connectivity index (χ1) is 17.9. The molecule has 3 aromatic carbocycles. The van der Waals surface area contributed by atoms with Crippen molar-refractivity contribution in [3.05, 3.63) is 99.0 Å². The summed E-state index contributed by atoms with van der Waals surface area (Å²) in [6.45, 7) is 3.08. The van der Waals surface area contributed by atoms with Crippen molar-refractivity contribution in [1.82, 2.24) is 10.2 Å². The van der Waals surface area contributed by atoms with Gasteiger partial charge < -0.3 is 10.2 Å². The van der Waals surface area contributed by atoms with Crippen LogP contribution in [0.15, 0.2) is 66.7 Å². The van der Waals surface area contributed by atoms with E-state index in [1.807, 2.05) is 43.3 Å². The Labute approximate surface area is 234 Å². The number of aryl methyl sites for hydroxylation is 1. The average Bonchev–Trinajstić information content (AvgIpc) is 2.87. The Hall–Kier alpha value is -3.07. The van der Waals surface area contributed by atoms with Crippen molar-refractivity contribution in [3.63, 3.8) is 0 Å². The van der Waals surface area contributed by atoms with Crippen molar-refractivity contribution in [2.24, 2.45) is 0 Å². The van der Waals surface area contributed by atoms with E-state index in [9.17, 15) is 18.0 Å². The van der Waals surface area contributed by atoms with Crippen molar-refractivity contribution >= 4 is 50.7 Å². The second-order valence-electron chi connectivity index (χ2n) is 9.03. The van der Waals surface area contributed by atoms with Crippen molar-refractivity contribution < 1.29 is 18.0 Å². The van der Waals surface area contributed by atoms with E-state index in [1.54, 1.807) is 37.3 Å². The van der Waals surface area contributed by atoms with Gasteiger partial charge in [-0.2, -0.15) is 0 Å². The number of carbonyl (C=O) groups is 2. The molecule has 3 rings (SSSR count). The van der Waals surface area contributed by atoms with Crippen LogP contribution in [0.4, 0.5) is 5.69 Å². The van der Waals surface area contributed by atoms with Gasteiger partial charge in [0.05, 0.1) is 11.9 Å². The Kier molecular flexibility index (Phi) is 9.82. The van der Waals surface area contributed by atoms with Crippen molar-refractivity contribution in [3.8, 4) is 0 Å². The quantitative estimate of drug-likeness (QED) is 0.377. The smallest absolute Gasteiger partial charge is 0.244 e. The number of nitrogens with one attached hydrogen (secondary N) is 1. The highest BCUT2D eigenvalue weighted by Gasteiger charge is 2.33. The van der Waals surface area contributed by atoms with Crippen molar-refractivity contribution in [2.75, 3.05) is 24.2 Å². The third-order valence-electron chi connectivity index (χ3n) is 6.43. The molecule has 38 heavy (non-hydrogen) atoms. The molecule has 0 saturated carbocycles. The minimum Gasteiger partial charge on any atom is -0.357 e. The van der Waals surface area contributed by atoms with E-state index in [0.717, 1.165) is 27.3 Å². The summed E-state index contributed by atoms with van der Waals surface area (Å²) in [5.74, 6) is -0.972. The van der Waals surface area contributed by atoms with Gasteiger partial charge in [0.1, 0.15) is 12.6 Å². The van der Waals surface area contributed by atoms with Gasteiger partial charge in [-0.05, 0) is 48.7 Å². The standard InChI is InChI=1S/C28H31Cl2N3O4S/c1-19-10-8-15-25(20(19)2)33(38(4,36)37)18-27(34)32(17-22-23(29)13-9-14-24(22)30)26(28(35)31-3)16-21-11-6-5-7-12-21/h5-15,26H,16-18H2,1-4H3,(H,31,35)/t26-/m0/s1. The molecule has 0 unspecified atom stereocenters. The highest BCUT2D eigenvalue weighted by Crippen LogP contribution is 2.29. The first-order valence-corrected chi connectivity index (χ1v) is 14.6. The summed E-state index contributed by atoms with van der Waals surface area (Å²) in [5.41, 5.74) is 3.31. The van der Waals surface area contributed by atoms with Crippen molar-refractivity contribution in [2.45, 2.75) is 32.9 Å². The molecule has 7 nitrogen and oxygen atoms in total. The number of rotatable bonds is 10. The van der Waals surface area contributed by atoms with E-state index < -0.39 is 34.4 Å². The van der Waals surface area contributed by atoms with E-state index in [-0.39, 0.29) is 13.0 Å². The highest BCUT2D eigenvalue weighted by atomic mass is 35.5. The number of nitrogens with zero attached hydrogens (tertiary/aromatic N) is 2. The monoisotopic (exact) mass is 575 g/mol. The molecule has 0 bridgehead atoms. The van der Waals surface area contributed by atoms with Gasteiger partial charge in [-0.1, -0.05) is 71.7 Å². The number of anilines is 1. The summed E-state index contributed by atoms with van der Waals surface area (Å²) in [4.78, 5) is 28.5. The minimum atomic E-state index is -3.85. The molecule has 1 N–H and O–H groups in total. The molecule has 1 atom stereocenters. The van der Waals surface area contributed by atoms with Gasteiger partial charge in [-0.25, -0.2) is 8.42 Å². The molecule has 0 aromatic heterocycles. The minimum absolute atomic E-state index is 0.0906. The van der Waals surface area contributed by atoms with Crippen LogP contribution in [-0.2, 0) is 32.6 Å². The Morgan fingerprint density at radius 2 is 1.53 bits per heavy atom. The summed E-state index contributed by atoms with van der Waals surface area (Å²) in [7, 11) is -2.36. The molecule has 0 aliphatic heterocycles. The molecule has 2 amide bonds. The summed E-state index contributed by atoms with van der Waals surface area (Å²) in [6, 6.07) is 18.6. The zero-order valence-electron chi connectivity index (χ0n) is 21.7. The first kappa shape index (κ1) is 29.5. The molecule has 0 radical (unpaired) electrons. The normalized spacial score (nSPS) is 12.1. The molecule has 0 aliphatic carbocycles. The highest BCUT2D eigenvalue weighted by molar-refractivity contribution is 7.92. The SMILES string of the molecule is CNC(=O)[C@H](Cc1ccccc1)N(Cc1c(Cl)cccc1Cl)C(=O)CN(c1cccc(C)c1C)S(C)(=O)=O. The van der Waals surface area contributed by atoms with Crippen molar-refractivity contribution in [1.29, 1.82) is 0 Å². The van der Waals surface area contributed by atoms with Gasteiger partial charge in [0.15, 0.2) is 0 Å². The predicted molar refractivity (Wildman–Crippen MR) is 153 cm³/mol. The topological polar surface area (TPSA) is 86.8 Å². The molecule has 10 heteroatoms. The maximum absolute atomic E-state index is 14.0. The van der Waals surface area contributed by atoms with E-state index in [4.69, 9.17) is 23.2 Å². The fourth-order valence-corrected chi connectivity index (χ4v) is 5.59. The van der Waals surface area contributed by atoms with Gasteiger partial charge in [-0.15, -0.1) is 0 Å². The zero-order chi connectivity index (χ0) is 28.0. The van der Waals surface area contributed by atoms with Crippen LogP contribution in [-0.4, -0.2) is 51.0 Å². The maximum Gasteiger partial charge on any atom is 0.244 e. The molecular weight excluding hydrogens is 545 g/mol. The maximum atomic E-state index is 14.0. The van der Waals surface area contributed by atoms with Crippen LogP contribution < -0.4 is 9.62 Å². The van der Waals surface area contributed by atoms with Gasteiger partial charge in [0, 0.05) is 35.6 Å². The second kappa shape index (κ2) is 12.7. The fraction of sp³-hybridized carbons (Fsp3) is 0.286. The van der Waals surface area contributed by atoms with Crippen LogP contribution in [0, 0.1) is 13.8 Å². The van der Waals surface area contributed by atoms with Crippen LogP contribution in [0.3, 0.4) is 0 Å². The summed E-state index contributed by atoms with van der Waals surface area (Å²) in [6.07, 6.45) is 1.26. The van der Waals surface area contributed by atoms with E-state index in [2.05, 4.69) is 5.32 Å². The fourth-order valence-electron chi connectivity index (χ4n) is 4.17. The molecule has 0 fully saturated rings. The Bertz CT molecular complexity index is 1390. The molecule has 0 spiro atoms. The largest absolute Gasteiger partial charge is 0.357 e. The number of likely N-dealkylation sites (N-methyl/N-ethyl adjacent to an activating group) is 1. The summed E-state index contributed by atoms with van der Waals surface area (Å²) in [5, 5.41) is 3.30. The first-order valence-electron chi connectivity index (χ1n) is 12.0. The summed E-state index contributed by atoms with van der Waals surface area (Å²) >= 11 is 12.9. The van der Waals surface area contributed by atoms with Gasteiger partial charge in [-0.3, -0.25) is 13.9 Å². The third-order valence-corrected chi connectivity index (χ3v) is 8.27. The molecule has 3 aromatic rings. The van der Waals surface area contributed by atoms with E-state index in [1.165, 1.54) is 11.9 Å². The number of hydrogen-bond acceptors (Lipinski definition) is 4. The van der Waals surface area contributed by atoms with Crippen LogP contribution in [0.25, 0.3) is 0 Å². The Morgan fingerprint density at radius 3 is 2.11 bits per heavy atom. The van der Waals surface area contributed by atoms with Gasteiger partial charge in [0.25, 0.3) is 0 Å². The molecule has 0 aliphatic rings. The lowest BCUT2D eigenvalue weighted by Gasteiger charge is -2.34. The molecule has 0 heterocycles. The van der Waals surface area contributed by atoms with Crippen LogP contribution >= 0.6 is 23.2 Å². The number of halogens is 2. The lowest BCUT2D eigenvalue weighted by molar-refractivity contribution is -0.139. The second-order valence-corrected chi connectivity index (χ2v) is 11.8. The van der Waals surface area contributed by atoms with Gasteiger partial charge in [0.2, 0.25) is 21.8 Å². The average molecular weight is 577 g/mol. The number of amides is 2. The van der Waals surface area contributed by atoms with Crippen LogP contribution in [0.5, 0.6) is 0 Å². The van der Waals surface area contributed by atoms with Gasteiger partial charge >= 0.3 is 0 Å². The number of benzene rings is 3. The van der Waals surface area contributed by atoms with Crippen LogP contribution in [0.2, 0.25) is 10.0 Å². The number of sulfonamides is 1. The predicted octanol–water partition coefficient (Wildman–Crippen LogP) is 4.76. The lowest BCUT2D eigenvalue weighted by Crippen LogP contribution is -2.53. The van der Waals surface area contributed by atoms with E-state index >= 15 is 0 Å². The number of hydrogen-bond donors (Lipinski definition) is 1. The third kappa shape index (κ3) is 7.07. The Balaban J connectivity index is 2.10. The zero-order valence-corrected chi connectivity index (χ0v) is 24.1. The summed E-state index contributed by atoms with van der Waals surface area (Å²) < 4.78 is 26.9. The van der Waals surface area contributed by atoms with E-state index in [0.29, 0.717) is 21.3 Å². The number of carbonyl (C=O) groups excluding carboxylic acids is 2. The lowest BCUT2D eigenvalue weighted by atomic mass is 10.0. The van der Waals surface area contributed by atoms with Crippen LogP contribution in [0.1, 0.15) is 22.3 Å².